The highest BCUT2D eigenvalue weighted by Gasteiger charge is 2.34. The van der Waals surface area contributed by atoms with Crippen LogP contribution in [0.5, 0.6) is 0 Å². The van der Waals surface area contributed by atoms with Crippen LogP contribution in [-0.2, 0) is 0 Å². The Morgan fingerprint density at radius 2 is 2.11 bits per heavy atom. The maximum Gasteiger partial charge on any atom is 0.124 e. The fourth-order valence-electron chi connectivity index (χ4n) is 3.17. The van der Waals surface area contributed by atoms with Gasteiger partial charge in [0.05, 0.1) is 0 Å². The summed E-state index contributed by atoms with van der Waals surface area (Å²) in [5, 5.41) is 3.51. The van der Waals surface area contributed by atoms with Crippen molar-refractivity contribution in [3.05, 3.63) is 29.6 Å². The minimum absolute atomic E-state index is 0.239. The SMILES string of the molecule is NC(=S)c1cc(F)ccc1NC1CN2CCC1CC2. The zero-order valence-corrected chi connectivity index (χ0v) is 11.5. The summed E-state index contributed by atoms with van der Waals surface area (Å²) in [6.45, 7) is 3.46. The van der Waals surface area contributed by atoms with Crippen molar-refractivity contribution < 1.29 is 4.39 Å². The number of hydrogen-bond acceptors (Lipinski definition) is 3. The van der Waals surface area contributed by atoms with Gasteiger partial charge in [-0.25, -0.2) is 4.39 Å². The Kier molecular flexibility index (Phi) is 3.41. The summed E-state index contributed by atoms with van der Waals surface area (Å²) in [6.07, 6.45) is 2.47. The smallest absolute Gasteiger partial charge is 0.124 e. The molecule has 0 amide bonds. The Morgan fingerprint density at radius 1 is 1.37 bits per heavy atom. The van der Waals surface area contributed by atoms with Gasteiger partial charge in [0, 0.05) is 23.8 Å². The van der Waals surface area contributed by atoms with Crippen LogP contribution in [-0.4, -0.2) is 35.6 Å². The molecule has 1 aromatic rings. The van der Waals surface area contributed by atoms with E-state index in [1.807, 2.05) is 0 Å². The summed E-state index contributed by atoms with van der Waals surface area (Å²) in [7, 11) is 0. The molecule has 0 spiro atoms. The van der Waals surface area contributed by atoms with Crippen molar-refractivity contribution in [1.29, 1.82) is 0 Å². The van der Waals surface area contributed by atoms with E-state index in [9.17, 15) is 4.39 Å². The Labute approximate surface area is 118 Å². The van der Waals surface area contributed by atoms with Crippen LogP contribution < -0.4 is 11.1 Å². The van der Waals surface area contributed by atoms with Crippen LogP contribution in [0.2, 0.25) is 0 Å². The van der Waals surface area contributed by atoms with Crippen molar-refractivity contribution in [3.8, 4) is 0 Å². The number of fused-ring (bicyclic) bond motifs is 3. The predicted molar refractivity (Wildman–Crippen MR) is 78.9 cm³/mol. The lowest BCUT2D eigenvalue weighted by molar-refractivity contribution is 0.0975. The van der Waals surface area contributed by atoms with Crippen LogP contribution in [0, 0.1) is 11.7 Å². The number of benzene rings is 1. The van der Waals surface area contributed by atoms with E-state index in [1.165, 1.54) is 38.1 Å². The van der Waals surface area contributed by atoms with Crippen molar-refractivity contribution in [2.45, 2.75) is 18.9 Å². The second-order valence-electron chi connectivity index (χ2n) is 5.44. The highest BCUT2D eigenvalue weighted by Crippen LogP contribution is 2.30. The molecule has 3 aliphatic heterocycles. The maximum absolute atomic E-state index is 13.3. The normalized spacial score (nSPS) is 29.2. The number of nitrogens with one attached hydrogen (secondary N) is 1. The zero-order valence-electron chi connectivity index (χ0n) is 10.7. The number of rotatable bonds is 3. The topological polar surface area (TPSA) is 41.3 Å². The first-order chi connectivity index (χ1) is 9.13. The lowest BCUT2D eigenvalue weighted by Gasteiger charge is -2.45. The Balaban J connectivity index is 1.81. The van der Waals surface area contributed by atoms with Crippen LogP contribution >= 0.6 is 12.2 Å². The number of piperidine rings is 3. The number of nitrogens with zero attached hydrogens (tertiary/aromatic N) is 1. The molecule has 3 heterocycles. The Hall–Kier alpha value is -1.20. The maximum atomic E-state index is 13.3. The highest BCUT2D eigenvalue weighted by atomic mass is 32.1. The largest absolute Gasteiger partial charge is 0.389 e. The number of anilines is 1. The molecule has 3 nitrogen and oxygen atoms in total. The molecule has 5 heteroatoms. The lowest BCUT2D eigenvalue weighted by Crippen LogP contribution is -2.53. The molecule has 0 saturated carbocycles. The lowest BCUT2D eigenvalue weighted by atomic mass is 9.84. The van der Waals surface area contributed by atoms with Crippen molar-refractivity contribution in [2.75, 3.05) is 25.0 Å². The molecule has 3 aliphatic rings. The summed E-state index contributed by atoms with van der Waals surface area (Å²) in [5.74, 6) is 0.400. The number of hydrogen-bond donors (Lipinski definition) is 2. The van der Waals surface area contributed by atoms with E-state index < -0.39 is 0 Å². The third-order valence-corrected chi connectivity index (χ3v) is 4.46. The van der Waals surface area contributed by atoms with E-state index >= 15 is 0 Å². The molecule has 3 N–H and O–H groups in total. The van der Waals surface area contributed by atoms with Crippen LogP contribution in [0.15, 0.2) is 18.2 Å². The van der Waals surface area contributed by atoms with E-state index in [1.54, 1.807) is 6.07 Å². The molecule has 4 rings (SSSR count). The second kappa shape index (κ2) is 5.06. The van der Waals surface area contributed by atoms with Gasteiger partial charge in [0.2, 0.25) is 0 Å². The quantitative estimate of drug-likeness (QED) is 0.830. The first-order valence-corrected chi connectivity index (χ1v) is 7.12. The van der Waals surface area contributed by atoms with Gasteiger partial charge in [-0.15, -0.1) is 0 Å². The third-order valence-electron chi connectivity index (χ3n) is 4.24. The average Bonchev–Trinajstić information content (AvgIpc) is 2.42. The van der Waals surface area contributed by atoms with Crippen LogP contribution in [0.3, 0.4) is 0 Å². The Morgan fingerprint density at radius 3 is 2.68 bits per heavy atom. The Bertz CT molecular complexity index is 497. The fourth-order valence-corrected chi connectivity index (χ4v) is 3.34. The first-order valence-electron chi connectivity index (χ1n) is 6.72. The van der Waals surface area contributed by atoms with Crippen molar-refractivity contribution >= 4 is 22.9 Å². The minimum Gasteiger partial charge on any atom is -0.389 e. The van der Waals surface area contributed by atoms with Crippen molar-refractivity contribution in [1.82, 2.24) is 4.90 Å². The van der Waals surface area contributed by atoms with Crippen molar-refractivity contribution in [3.63, 3.8) is 0 Å². The van der Waals surface area contributed by atoms with Gasteiger partial charge in [0.25, 0.3) is 0 Å². The standard InChI is InChI=1S/C14H18FN3S/c15-10-1-2-12(11(7-10)14(16)19)17-13-8-18-5-3-9(13)4-6-18/h1-2,7,9,13,17H,3-6,8H2,(H2,16,19). The van der Waals surface area contributed by atoms with Gasteiger partial charge >= 0.3 is 0 Å². The number of nitrogens with two attached hydrogens (primary N) is 1. The van der Waals surface area contributed by atoms with Crippen molar-refractivity contribution in [2.24, 2.45) is 11.7 Å². The van der Waals surface area contributed by atoms with Gasteiger partial charge in [-0.1, -0.05) is 12.2 Å². The molecule has 0 radical (unpaired) electrons. The predicted octanol–water partition coefficient (Wildman–Crippen LogP) is 1.97. The summed E-state index contributed by atoms with van der Waals surface area (Å²) in [5.41, 5.74) is 7.14. The van der Waals surface area contributed by atoms with Gasteiger partial charge in [-0.3, -0.25) is 0 Å². The summed E-state index contributed by atoms with van der Waals surface area (Å²) in [4.78, 5) is 2.71. The first kappa shape index (κ1) is 12.8. The van der Waals surface area contributed by atoms with Gasteiger partial charge in [0.15, 0.2) is 0 Å². The molecule has 1 unspecified atom stereocenters. The summed E-state index contributed by atoms with van der Waals surface area (Å²) < 4.78 is 13.3. The summed E-state index contributed by atoms with van der Waals surface area (Å²) >= 11 is 5.00. The molecular weight excluding hydrogens is 261 g/mol. The minimum atomic E-state index is -0.303. The molecule has 1 aromatic carbocycles. The number of thiocarbonyl (C=S) groups is 1. The fraction of sp³-hybridized carbons (Fsp3) is 0.500. The van der Waals surface area contributed by atoms with E-state index in [0.29, 0.717) is 17.5 Å². The summed E-state index contributed by atoms with van der Waals surface area (Å²) in [6, 6.07) is 5.01. The highest BCUT2D eigenvalue weighted by molar-refractivity contribution is 7.80. The number of halogens is 1. The second-order valence-corrected chi connectivity index (χ2v) is 5.88. The van der Waals surface area contributed by atoms with Crippen LogP contribution in [0.1, 0.15) is 18.4 Å². The monoisotopic (exact) mass is 279 g/mol. The van der Waals surface area contributed by atoms with E-state index in [4.69, 9.17) is 18.0 Å². The molecule has 3 fully saturated rings. The molecule has 0 aromatic heterocycles. The van der Waals surface area contributed by atoms with Gasteiger partial charge < -0.3 is 16.0 Å². The van der Waals surface area contributed by atoms with E-state index in [2.05, 4.69) is 10.2 Å². The van der Waals surface area contributed by atoms with Gasteiger partial charge in [0.1, 0.15) is 10.8 Å². The molecule has 2 bridgehead atoms. The molecule has 3 saturated heterocycles. The van der Waals surface area contributed by atoms with Gasteiger partial charge in [-0.2, -0.15) is 0 Å². The zero-order chi connectivity index (χ0) is 13.4. The van der Waals surface area contributed by atoms with Gasteiger partial charge in [-0.05, 0) is 50.0 Å². The van der Waals surface area contributed by atoms with Crippen LogP contribution in [0.25, 0.3) is 0 Å². The molecule has 1 atom stereocenters. The molecular formula is C14H18FN3S. The van der Waals surface area contributed by atoms with E-state index in [-0.39, 0.29) is 10.8 Å². The van der Waals surface area contributed by atoms with Crippen LogP contribution in [0.4, 0.5) is 10.1 Å². The third kappa shape index (κ3) is 2.58. The molecule has 19 heavy (non-hydrogen) atoms. The molecule has 102 valence electrons. The average molecular weight is 279 g/mol. The van der Waals surface area contributed by atoms with E-state index in [0.717, 1.165) is 12.2 Å². The molecule has 0 aliphatic carbocycles.